The minimum Gasteiger partial charge on any atom is -0.354 e. The lowest BCUT2D eigenvalue weighted by atomic mass is 9.96. The van der Waals surface area contributed by atoms with Crippen LogP contribution in [0.5, 0.6) is 0 Å². The molecule has 3 aromatic carbocycles. The Balaban J connectivity index is 1.98. The number of rotatable bonds is 5. The third kappa shape index (κ3) is 3.09. The van der Waals surface area contributed by atoms with Crippen molar-refractivity contribution in [1.29, 1.82) is 0 Å². The van der Waals surface area contributed by atoms with Crippen LogP contribution >= 0.6 is 23.2 Å². The number of fused-ring (bicyclic) bond motifs is 2. The van der Waals surface area contributed by atoms with Gasteiger partial charge >= 0.3 is 0 Å². The van der Waals surface area contributed by atoms with Crippen molar-refractivity contribution in [1.82, 2.24) is 4.98 Å². The summed E-state index contributed by atoms with van der Waals surface area (Å²) in [5, 5.41) is 4.85. The van der Waals surface area contributed by atoms with Crippen molar-refractivity contribution in [3.05, 3.63) is 70.2 Å². The van der Waals surface area contributed by atoms with Crippen LogP contribution in [0.1, 0.15) is 18.4 Å². The second kappa shape index (κ2) is 7.32. The number of aryl methyl sites for hydroxylation is 1. The molecule has 0 bridgehead atoms. The number of benzene rings is 3. The first-order chi connectivity index (χ1) is 12.7. The molecular formula is C22H20Cl2N2. The largest absolute Gasteiger partial charge is 0.354 e. The lowest BCUT2D eigenvalue weighted by Gasteiger charge is -2.09. The van der Waals surface area contributed by atoms with Gasteiger partial charge in [-0.2, -0.15) is 0 Å². The van der Waals surface area contributed by atoms with Crippen molar-refractivity contribution in [2.45, 2.75) is 19.3 Å². The molecule has 4 rings (SSSR count). The minimum absolute atomic E-state index is 0.640. The second-order valence-corrected chi connectivity index (χ2v) is 7.40. The van der Waals surface area contributed by atoms with E-state index in [1.165, 1.54) is 21.9 Å². The molecule has 0 unspecified atom stereocenters. The summed E-state index contributed by atoms with van der Waals surface area (Å²) in [6, 6.07) is 18.6. The van der Waals surface area contributed by atoms with Gasteiger partial charge in [0.1, 0.15) is 0 Å². The number of aromatic nitrogens is 1. The summed E-state index contributed by atoms with van der Waals surface area (Å²) in [5.74, 6) is 0. The van der Waals surface area contributed by atoms with Crippen LogP contribution in [0, 0.1) is 0 Å². The Labute approximate surface area is 162 Å². The Hall–Kier alpha value is -2.00. The SMILES string of the molecule is NCCCCc1c(-c2cccc3ccccc23)[nH]c2cc(Cl)cc(Cl)c12. The summed E-state index contributed by atoms with van der Waals surface area (Å²) in [5.41, 5.74) is 10.2. The van der Waals surface area contributed by atoms with Crippen molar-refractivity contribution in [3.8, 4) is 11.3 Å². The lowest BCUT2D eigenvalue weighted by molar-refractivity contribution is 0.748. The fourth-order valence-electron chi connectivity index (χ4n) is 3.68. The molecule has 0 spiro atoms. The summed E-state index contributed by atoms with van der Waals surface area (Å²) in [6.45, 7) is 0.700. The number of aromatic amines is 1. The van der Waals surface area contributed by atoms with Gasteiger partial charge in [-0.25, -0.2) is 0 Å². The van der Waals surface area contributed by atoms with Gasteiger partial charge in [0.15, 0.2) is 0 Å². The van der Waals surface area contributed by atoms with Gasteiger partial charge in [0.25, 0.3) is 0 Å². The molecule has 2 nitrogen and oxygen atoms in total. The normalized spacial score (nSPS) is 11.5. The average Bonchev–Trinajstić information content (AvgIpc) is 3.00. The quantitative estimate of drug-likeness (QED) is 0.376. The zero-order valence-electron chi connectivity index (χ0n) is 14.4. The summed E-state index contributed by atoms with van der Waals surface area (Å²) >= 11 is 12.8. The van der Waals surface area contributed by atoms with Crippen molar-refractivity contribution in [3.63, 3.8) is 0 Å². The van der Waals surface area contributed by atoms with Crippen LogP contribution in [0.4, 0.5) is 0 Å². The Kier molecular flexibility index (Phi) is 4.90. The second-order valence-electron chi connectivity index (χ2n) is 6.56. The Bertz CT molecular complexity index is 1080. The van der Waals surface area contributed by atoms with Crippen molar-refractivity contribution in [2.75, 3.05) is 6.54 Å². The number of nitrogens with one attached hydrogen (secondary N) is 1. The topological polar surface area (TPSA) is 41.8 Å². The molecule has 4 aromatic rings. The maximum Gasteiger partial charge on any atom is 0.0517 e. The van der Waals surface area contributed by atoms with E-state index in [-0.39, 0.29) is 0 Å². The highest BCUT2D eigenvalue weighted by Crippen LogP contribution is 2.39. The minimum atomic E-state index is 0.640. The van der Waals surface area contributed by atoms with Crippen molar-refractivity contribution < 1.29 is 0 Å². The molecule has 0 saturated carbocycles. The first kappa shape index (κ1) is 17.4. The van der Waals surface area contributed by atoms with E-state index in [2.05, 4.69) is 47.4 Å². The average molecular weight is 383 g/mol. The van der Waals surface area contributed by atoms with Crippen molar-refractivity contribution >= 4 is 44.9 Å². The van der Waals surface area contributed by atoms with E-state index in [1.54, 1.807) is 0 Å². The van der Waals surface area contributed by atoms with Crippen LogP contribution < -0.4 is 5.73 Å². The number of halogens is 2. The molecule has 0 saturated heterocycles. The summed E-state index contributed by atoms with van der Waals surface area (Å²) in [6.07, 6.45) is 2.95. The molecule has 0 aliphatic heterocycles. The fraction of sp³-hybridized carbons (Fsp3) is 0.182. The van der Waals surface area contributed by atoms with Gasteiger partial charge in [0.05, 0.1) is 10.7 Å². The number of nitrogens with two attached hydrogens (primary N) is 1. The summed E-state index contributed by atoms with van der Waals surface area (Å²) < 4.78 is 0. The number of H-pyrrole nitrogens is 1. The van der Waals surface area contributed by atoms with E-state index in [0.717, 1.165) is 35.9 Å². The maximum atomic E-state index is 6.57. The van der Waals surface area contributed by atoms with Crippen LogP contribution in [0.3, 0.4) is 0 Å². The van der Waals surface area contributed by atoms with Gasteiger partial charge < -0.3 is 10.7 Å². The molecule has 0 radical (unpaired) electrons. The molecule has 1 heterocycles. The van der Waals surface area contributed by atoms with E-state index < -0.39 is 0 Å². The summed E-state index contributed by atoms with van der Waals surface area (Å²) in [4.78, 5) is 3.58. The molecule has 0 atom stereocenters. The maximum absolute atomic E-state index is 6.57. The van der Waals surface area contributed by atoms with E-state index >= 15 is 0 Å². The molecular weight excluding hydrogens is 363 g/mol. The summed E-state index contributed by atoms with van der Waals surface area (Å²) in [7, 11) is 0. The number of hydrogen-bond donors (Lipinski definition) is 2. The van der Waals surface area contributed by atoms with E-state index in [1.807, 2.05) is 12.1 Å². The molecule has 0 fully saturated rings. The lowest BCUT2D eigenvalue weighted by Crippen LogP contribution is -1.99. The molecule has 0 amide bonds. The predicted molar refractivity (Wildman–Crippen MR) is 113 cm³/mol. The number of unbranched alkanes of at least 4 members (excludes halogenated alkanes) is 1. The van der Waals surface area contributed by atoms with Gasteiger partial charge in [-0.05, 0) is 54.3 Å². The molecule has 4 heteroatoms. The third-order valence-electron chi connectivity index (χ3n) is 4.86. The zero-order chi connectivity index (χ0) is 18.1. The van der Waals surface area contributed by atoms with Crippen LogP contribution in [0.25, 0.3) is 32.9 Å². The monoisotopic (exact) mass is 382 g/mol. The predicted octanol–water partition coefficient (Wildman–Crippen LogP) is 6.58. The van der Waals surface area contributed by atoms with E-state index in [4.69, 9.17) is 28.9 Å². The molecule has 0 aliphatic rings. The van der Waals surface area contributed by atoms with Gasteiger partial charge in [-0.3, -0.25) is 0 Å². The van der Waals surface area contributed by atoms with Gasteiger partial charge in [0, 0.05) is 21.5 Å². The highest BCUT2D eigenvalue weighted by molar-refractivity contribution is 6.39. The highest BCUT2D eigenvalue weighted by Gasteiger charge is 2.17. The molecule has 0 aliphatic carbocycles. The molecule has 3 N–H and O–H groups in total. The smallest absolute Gasteiger partial charge is 0.0517 e. The molecule has 26 heavy (non-hydrogen) atoms. The third-order valence-corrected chi connectivity index (χ3v) is 5.37. The van der Waals surface area contributed by atoms with Gasteiger partial charge in [-0.15, -0.1) is 0 Å². The van der Waals surface area contributed by atoms with Crippen LogP contribution in [0.2, 0.25) is 10.0 Å². The standard InChI is InChI=1S/C22H20Cl2N2/c23-15-12-19(24)21-18(9-3-4-11-25)22(26-20(21)13-15)17-10-5-7-14-6-1-2-8-16(14)17/h1-2,5-8,10,12-13,26H,3-4,9,11,25H2. The van der Waals surface area contributed by atoms with E-state index in [9.17, 15) is 0 Å². The first-order valence-corrected chi connectivity index (χ1v) is 9.62. The Morgan fingerprint density at radius 2 is 1.73 bits per heavy atom. The fourth-order valence-corrected chi connectivity index (χ4v) is 4.29. The zero-order valence-corrected chi connectivity index (χ0v) is 15.9. The molecule has 132 valence electrons. The van der Waals surface area contributed by atoms with Gasteiger partial charge in [0.2, 0.25) is 0 Å². The van der Waals surface area contributed by atoms with Crippen LogP contribution in [-0.4, -0.2) is 11.5 Å². The van der Waals surface area contributed by atoms with Gasteiger partial charge in [-0.1, -0.05) is 65.7 Å². The van der Waals surface area contributed by atoms with Crippen LogP contribution in [-0.2, 0) is 6.42 Å². The Morgan fingerprint density at radius 1 is 0.923 bits per heavy atom. The molecule has 1 aromatic heterocycles. The van der Waals surface area contributed by atoms with E-state index in [0.29, 0.717) is 16.6 Å². The number of hydrogen-bond acceptors (Lipinski definition) is 1. The highest BCUT2D eigenvalue weighted by atomic mass is 35.5. The van der Waals surface area contributed by atoms with Crippen LogP contribution in [0.15, 0.2) is 54.6 Å². The Morgan fingerprint density at radius 3 is 2.58 bits per heavy atom. The van der Waals surface area contributed by atoms with Crippen molar-refractivity contribution in [2.24, 2.45) is 5.73 Å². The first-order valence-electron chi connectivity index (χ1n) is 8.87.